The molecule has 0 saturated heterocycles. The van der Waals surface area contributed by atoms with E-state index in [1.165, 1.54) is 11.8 Å². The van der Waals surface area contributed by atoms with Crippen molar-refractivity contribution in [2.24, 2.45) is 0 Å². The van der Waals surface area contributed by atoms with E-state index in [0.29, 0.717) is 22.7 Å². The van der Waals surface area contributed by atoms with Gasteiger partial charge in [0, 0.05) is 5.56 Å². The van der Waals surface area contributed by atoms with Crippen LogP contribution in [0, 0.1) is 0 Å². The van der Waals surface area contributed by atoms with Crippen LogP contribution in [0.4, 0.5) is 5.82 Å². The molecule has 17 heavy (non-hydrogen) atoms. The first-order valence-corrected chi connectivity index (χ1v) is 6.21. The molecule has 0 unspecified atom stereocenters. The van der Waals surface area contributed by atoms with Gasteiger partial charge in [0.15, 0.2) is 11.4 Å². The molecule has 86 valence electrons. The zero-order chi connectivity index (χ0) is 12.3. The smallest absolute Gasteiger partial charge is 0.189 e. The molecule has 0 aliphatic rings. The summed E-state index contributed by atoms with van der Waals surface area (Å²) in [6.07, 6.45) is 2.56. The summed E-state index contributed by atoms with van der Waals surface area (Å²) in [6, 6.07) is 9.46. The van der Waals surface area contributed by atoms with Crippen molar-refractivity contribution in [3.05, 3.63) is 35.9 Å². The number of anilines is 1. The Hall–Kier alpha value is -1.88. The molecule has 1 aromatic heterocycles. The summed E-state index contributed by atoms with van der Waals surface area (Å²) in [5.74, 6) is 0.221. The number of hydrogen-bond donors (Lipinski definition) is 1. The number of nitrogen functional groups attached to an aromatic ring is 1. The molecule has 5 heteroatoms. The van der Waals surface area contributed by atoms with Crippen LogP contribution >= 0.6 is 11.8 Å². The maximum Gasteiger partial charge on any atom is 0.189 e. The zero-order valence-corrected chi connectivity index (χ0v) is 10.1. The summed E-state index contributed by atoms with van der Waals surface area (Å²) >= 11 is 1.39. The number of benzene rings is 1. The van der Waals surface area contributed by atoms with Crippen LogP contribution in [0.25, 0.3) is 11.3 Å². The van der Waals surface area contributed by atoms with Crippen molar-refractivity contribution in [1.82, 2.24) is 9.97 Å². The molecule has 0 saturated carbocycles. The highest BCUT2D eigenvalue weighted by atomic mass is 32.2. The Morgan fingerprint density at radius 1 is 1.24 bits per heavy atom. The van der Waals surface area contributed by atoms with Crippen LogP contribution in [0.5, 0.6) is 0 Å². The van der Waals surface area contributed by atoms with Crippen LogP contribution in [-0.2, 0) is 0 Å². The van der Waals surface area contributed by atoms with Gasteiger partial charge < -0.3 is 5.73 Å². The standard InChI is InChI=1S/C12H11N3OS/c1-17-12-14-10(8-5-3-2-4-6-8)9(7-16)11(13)15-12/h2-7H,1H3,(H2,13,14,15). The predicted molar refractivity (Wildman–Crippen MR) is 69.0 cm³/mol. The summed E-state index contributed by atoms with van der Waals surface area (Å²) in [5.41, 5.74) is 7.53. The Labute approximate surface area is 103 Å². The van der Waals surface area contributed by atoms with Gasteiger partial charge in [0.2, 0.25) is 0 Å². The van der Waals surface area contributed by atoms with Crippen LogP contribution in [0.1, 0.15) is 10.4 Å². The topological polar surface area (TPSA) is 68.9 Å². The van der Waals surface area contributed by atoms with Crippen molar-refractivity contribution in [3.8, 4) is 11.3 Å². The van der Waals surface area contributed by atoms with Crippen LogP contribution in [0.3, 0.4) is 0 Å². The maximum atomic E-state index is 11.1. The highest BCUT2D eigenvalue weighted by Gasteiger charge is 2.12. The van der Waals surface area contributed by atoms with Gasteiger partial charge >= 0.3 is 0 Å². The molecular weight excluding hydrogens is 234 g/mol. The molecule has 0 fully saturated rings. The molecule has 0 aliphatic heterocycles. The number of aromatic nitrogens is 2. The van der Waals surface area contributed by atoms with E-state index in [9.17, 15) is 4.79 Å². The number of hydrogen-bond acceptors (Lipinski definition) is 5. The SMILES string of the molecule is CSc1nc(N)c(C=O)c(-c2ccccc2)n1. The number of thioether (sulfide) groups is 1. The fourth-order valence-corrected chi connectivity index (χ4v) is 1.86. The third-order valence-electron chi connectivity index (χ3n) is 2.30. The average Bonchev–Trinajstić information content (AvgIpc) is 2.38. The number of carbonyl (C=O) groups excluding carboxylic acids is 1. The number of carbonyl (C=O) groups is 1. The van der Waals surface area contributed by atoms with Gasteiger partial charge in [0.25, 0.3) is 0 Å². The largest absolute Gasteiger partial charge is 0.383 e. The van der Waals surface area contributed by atoms with Gasteiger partial charge in [-0.1, -0.05) is 42.1 Å². The predicted octanol–water partition coefficient (Wildman–Crippen LogP) is 2.26. The summed E-state index contributed by atoms with van der Waals surface area (Å²) in [4.78, 5) is 19.4. The minimum Gasteiger partial charge on any atom is -0.383 e. The Bertz CT molecular complexity index is 543. The van der Waals surface area contributed by atoms with Crippen molar-refractivity contribution in [1.29, 1.82) is 0 Å². The Morgan fingerprint density at radius 2 is 1.94 bits per heavy atom. The van der Waals surface area contributed by atoms with Crippen molar-refractivity contribution >= 4 is 23.9 Å². The third-order valence-corrected chi connectivity index (χ3v) is 2.85. The number of nitrogens with zero attached hydrogens (tertiary/aromatic N) is 2. The van der Waals surface area contributed by atoms with Crippen molar-refractivity contribution in [2.75, 3.05) is 12.0 Å². The van der Waals surface area contributed by atoms with E-state index in [0.717, 1.165) is 5.56 Å². The van der Waals surface area contributed by atoms with Gasteiger partial charge in [0.05, 0.1) is 11.3 Å². The zero-order valence-electron chi connectivity index (χ0n) is 9.25. The van der Waals surface area contributed by atoms with Gasteiger partial charge in [-0.2, -0.15) is 0 Å². The fraction of sp³-hybridized carbons (Fsp3) is 0.0833. The maximum absolute atomic E-state index is 11.1. The molecule has 4 nitrogen and oxygen atoms in total. The van der Waals surface area contributed by atoms with Gasteiger partial charge in [-0.25, -0.2) is 9.97 Å². The molecule has 1 aromatic carbocycles. The van der Waals surface area contributed by atoms with E-state index in [1.807, 2.05) is 36.6 Å². The quantitative estimate of drug-likeness (QED) is 0.510. The molecule has 0 spiro atoms. The van der Waals surface area contributed by atoms with Crippen molar-refractivity contribution in [3.63, 3.8) is 0 Å². The van der Waals surface area contributed by atoms with Crippen molar-refractivity contribution < 1.29 is 4.79 Å². The second-order valence-corrected chi connectivity index (χ2v) is 4.12. The Kier molecular flexibility index (Phi) is 3.39. The average molecular weight is 245 g/mol. The molecule has 1 heterocycles. The van der Waals surface area contributed by atoms with E-state index in [1.54, 1.807) is 0 Å². The van der Waals surface area contributed by atoms with Gasteiger partial charge in [-0.3, -0.25) is 4.79 Å². The first-order valence-electron chi connectivity index (χ1n) is 4.98. The molecule has 2 N–H and O–H groups in total. The first kappa shape index (κ1) is 11.6. The van der Waals surface area contributed by atoms with Crippen LogP contribution in [0.15, 0.2) is 35.5 Å². The van der Waals surface area contributed by atoms with Crippen LogP contribution < -0.4 is 5.73 Å². The summed E-state index contributed by atoms with van der Waals surface area (Å²) in [7, 11) is 0. The minimum absolute atomic E-state index is 0.221. The van der Waals surface area contributed by atoms with Gasteiger partial charge in [0.1, 0.15) is 5.82 Å². The Morgan fingerprint density at radius 3 is 2.53 bits per heavy atom. The molecule has 0 aliphatic carbocycles. The van der Waals surface area contributed by atoms with Gasteiger partial charge in [-0.05, 0) is 6.26 Å². The van der Waals surface area contributed by atoms with Crippen LogP contribution in [0.2, 0.25) is 0 Å². The van der Waals surface area contributed by atoms with E-state index in [-0.39, 0.29) is 5.82 Å². The summed E-state index contributed by atoms with van der Waals surface area (Å²) in [5, 5.41) is 0.562. The van der Waals surface area contributed by atoms with Crippen molar-refractivity contribution in [2.45, 2.75) is 5.16 Å². The molecular formula is C12H11N3OS. The van der Waals surface area contributed by atoms with E-state index >= 15 is 0 Å². The first-order chi connectivity index (χ1) is 8.26. The van der Waals surface area contributed by atoms with Gasteiger partial charge in [-0.15, -0.1) is 0 Å². The number of aldehydes is 1. The lowest BCUT2D eigenvalue weighted by Gasteiger charge is -2.07. The number of nitrogens with two attached hydrogens (primary N) is 1. The summed E-state index contributed by atoms with van der Waals surface area (Å²) < 4.78 is 0. The lowest BCUT2D eigenvalue weighted by molar-refractivity contribution is 0.112. The highest BCUT2D eigenvalue weighted by molar-refractivity contribution is 7.98. The molecule has 2 aromatic rings. The lowest BCUT2D eigenvalue weighted by Crippen LogP contribution is -2.03. The minimum atomic E-state index is 0.221. The molecule has 0 bridgehead atoms. The second kappa shape index (κ2) is 4.97. The number of rotatable bonds is 3. The molecule has 2 rings (SSSR count). The van der Waals surface area contributed by atoms with E-state index < -0.39 is 0 Å². The fourth-order valence-electron chi connectivity index (χ4n) is 1.49. The highest BCUT2D eigenvalue weighted by Crippen LogP contribution is 2.25. The second-order valence-electron chi connectivity index (χ2n) is 3.34. The molecule has 0 radical (unpaired) electrons. The Balaban J connectivity index is 2.66. The molecule has 0 atom stereocenters. The monoisotopic (exact) mass is 245 g/mol. The molecule has 0 amide bonds. The van der Waals surface area contributed by atoms with E-state index in [2.05, 4.69) is 9.97 Å². The summed E-state index contributed by atoms with van der Waals surface area (Å²) in [6.45, 7) is 0. The third kappa shape index (κ3) is 2.29. The lowest BCUT2D eigenvalue weighted by atomic mass is 10.1. The van der Waals surface area contributed by atoms with E-state index in [4.69, 9.17) is 5.73 Å². The normalized spacial score (nSPS) is 10.2. The van der Waals surface area contributed by atoms with Crippen LogP contribution in [-0.4, -0.2) is 22.5 Å².